The van der Waals surface area contributed by atoms with Crippen LogP contribution in [0.1, 0.15) is 96.8 Å². The molecule has 3 nitrogen and oxygen atoms in total. The maximum Gasteiger partial charge on any atom is 0.0793 e. The fourth-order valence-corrected chi connectivity index (χ4v) is 3.13. The van der Waals surface area contributed by atoms with E-state index in [0.717, 1.165) is 12.8 Å². The zero-order valence-electron chi connectivity index (χ0n) is 15.2. The molecular weight excluding hydrogens is 274 g/mol. The van der Waals surface area contributed by atoms with E-state index < -0.39 is 5.60 Å². The van der Waals surface area contributed by atoms with Crippen molar-refractivity contribution in [1.29, 1.82) is 0 Å². The van der Waals surface area contributed by atoms with E-state index in [9.17, 15) is 5.11 Å². The monoisotopic (exact) mass is 315 g/mol. The molecular formula is C19H41NO2. The molecule has 0 rings (SSSR count). The van der Waals surface area contributed by atoms with Crippen LogP contribution < -0.4 is 5.32 Å². The van der Waals surface area contributed by atoms with Gasteiger partial charge in [0.1, 0.15) is 0 Å². The quantitative estimate of drug-likeness (QED) is 0.348. The van der Waals surface area contributed by atoms with E-state index in [4.69, 9.17) is 5.11 Å². The van der Waals surface area contributed by atoms with Crippen LogP contribution in [0, 0.1) is 0 Å². The Balaban J connectivity index is 3.34. The molecule has 0 fully saturated rings. The second kappa shape index (κ2) is 15.8. The lowest BCUT2D eigenvalue weighted by Gasteiger charge is -2.27. The van der Waals surface area contributed by atoms with Crippen molar-refractivity contribution in [3.8, 4) is 0 Å². The van der Waals surface area contributed by atoms with Gasteiger partial charge in [-0.1, -0.05) is 84.0 Å². The normalized spacial score (nSPS) is 14.2. The fourth-order valence-electron chi connectivity index (χ4n) is 3.13. The molecule has 0 radical (unpaired) electrons. The number of likely N-dealkylation sites (N-methyl/N-ethyl adjacent to an activating group) is 1. The Morgan fingerprint density at radius 3 is 1.59 bits per heavy atom. The maximum absolute atomic E-state index is 10.4. The topological polar surface area (TPSA) is 52.5 Å². The smallest absolute Gasteiger partial charge is 0.0793 e. The number of rotatable bonds is 17. The first-order valence-corrected chi connectivity index (χ1v) is 9.66. The molecule has 1 atom stereocenters. The van der Waals surface area contributed by atoms with E-state index in [0.29, 0.717) is 13.0 Å². The molecule has 0 saturated carbocycles. The first-order chi connectivity index (χ1) is 10.7. The van der Waals surface area contributed by atoms with Crippen LogP contribution in [0.5, 0.6) is 0 Å². The van der Waals surface area contributed by atoms with Gasteiger partial charge in [-0.2, -0.15) is 0 Å². The van der Waals surface area contributed by atoms with Gasteiger partial charge in [0.2, 0.25) is 0 Å². The lowest BCUT2D eigenvalue weighted by atomic mass is 9.92. The van der Waals surface area contributed by atoms with E-state index in [1.165, 1.54) is 70.6 Å². The Bertz CT molecular complexity index is 215. The summed E-state index contributed by atoms with van der Waals surface area (Å²) in [6.45, 7) is 2.91. The summed E-state index contributed by atoms with van der Waals surface area (Å²) in [6.07, 6.45) is 17.3. The SMILES string of the molecule is CCCCCCCCCCCCCCC(O)(CCO)CNC. The highest BCUT2D eigenvalue weighted by Crippen LogP contribution is 2.19. The van der Waals surface area contributed by atoms with Gasteiger partial charge in [-0.05, 0) is 13.5 Å². The number of hydrogen-bond donors (Lipinski definition) is 3. The highest BCUT2D eigenvalue weighted by molar-refractivity contribution is 4.80. The minimum absolute atomic E-state index is 0.0659. The van der Waals surface area contributed by atoms with Gasteiger partial charge in [0, 0.05) is 19.6 Å². The predicted octanol–water partition coefficient (Wildman–Crippen LogP) is 4.41. The Kier molecular flexibility index (Phi) is 15.7. The van der Waals surface area contributed by atoms with E-state index in [-0.39, 0.29) is 6.61 Å². The van der Waals surface area contributed by atoms with Crippen LogP contribution in [0.4, 0.5) is 0 Å². The third-order valence-corrected chi connectivity index (χ3v) is 4.58. The summed E-state index contributed by atoms with van der Waals surface area (Å²) >= 11 is 0. The number of aliphatic hydroxyl groups is 2. The molecule has 0 aliphatic heterocycles. The summed E-state index contributed by atoms with van der Waals surface area (Å²) in [4.78, 5) is 0. The number of hydrogen-bond acceptors (Lipinski definition) is 3. The van der Waals surface area contributed by atoms with Crippen molar-refractivity contribution in [3.05, 3.63) is 0 Å². The Morgan fingerprint density at radius 2 is 1.18 bits per heavy atom. The molecule has 134 valence electrons. The standard InChI is InChI=1S/C19H41NO2/c1-3-4-5-6-7-8-9-10-11-12-13-14-15-19(22,16-17-21)18-20-2/h20-22H,3-18H2,1-2H3. The largest absolute Gasteiger partial charge is 0.396 e. The van der Waals surface area contributed by atoms with Crippen molar-refractivity contribution in [2.24, 2.45) is 0 Å². The molecule has 0 aliphatic rings. The predicted molar refractivity (Wildman–Crippen MR) is 96.3 cm³/mol. The van der Waals surface area contributed by atoms with E-state index in [1.54, 1.807) is 0 Å². The molecule has 0 aromatic heterocycles. The minimum Gasteiger partial charge on any atom is -0.396 e. The molecule has 0 bridgehead atoms. The van der Waals surface area contributed by atoms with Gasteiger partial charge in [-0.15, -0.1) is 0 Å². The van der Waals surface area contributed by atoms with Gasteiger partial charge in [0.15, 0.2) is 0 Å². The molecule has 0 aromatic carbocycles. The second-order valence-corrected chi connectivity index (χ2v) is 6.87. The molecule has 0 aromatic rings. The van der Waals surface area contributed by atoms with E-state index in [1.807, 2.05) is 7.05 Å². The van der Waals surface area contributed by atoms with Gasteiger partial charge in [-0.25, -0.2) is 0 Å². The highest BCUT2D eigenvalue weighted by atomic mass is 16.3. The van der Waals surface area contributed by atoms with Crippen molar-refractivity contribution in [3.63, 3.8) is 0 Å². The summed E-state index contributed by atoms with van der Waals surface area (Å²) in [6, 6.07) is 0. The molecule has 0 heterocycles. The molecule has 22 heavy (non-hydrogen) atoms. The van der Waals surface area contributed by atoms with Crippen molar-refractivity contribution in [2.45, 2.75) is 102 Å². The van der Waals surface area contributed by atoms with Crippen molar-refractivity contribution in [1.82, 2.24) is 5.32 Å². The first kappa shape index (κ1) is 21.9. The molecule has 3 heteroatoms. The molecule has 0 spiro atoms. The van der Waals surface area contributed by atoms with Gasteiger partial charge in [0.25, 0.3) is 0 Å². The summed E-state index contributed by atoms with van der Waals surface area (Å²) in [7, 11) is 1.85. The second-order valence-electron chi connectivity index (χ2n) is 6.87. The number of nitrogens with one attached hydrogen (secondary N) is 1. The minimum atomic E-state index is -0.720. The molecule has 3 N–H and O–H groups in total. The zero-order valence-corrected chi connectivity index (χ0v) is 15.2. The number of unbranched alkanes of at least 4 members (excludes halogenated alkanes) is 11. The van der Waals surface area contributed by atoms with Gasteiger partial charge >= 0.3 is 0 Å². The third kappa shape index (κ3) is 13.5. The molecule has 0 amide bonds. The Labute approximate surface area is 138 Å². The fraction of sp³-hybridized carbons (Fsp3) is 1.00. The first-order valence-electron chi connectivity index (χ1n) is 9.66. The zero-order chi connectivity index (χ0) is 16.5. The summed E-state index contributed by atoms with van der Waals surface area (Å²) in [5, 5.41) is 22.4. The van der Waals surface area contributed by atoms with Crippen molar-refractivity contribution in [2.75, 3.05) is 20.2 Å². The van der Waals surface area contributed by atoms with Crippen LogP contribution in [0.2, 0.25) is 0 Å². The van der Waals surface area contributed by atoms with E-state index in [2.05, 4.69) is 12.2 Å². The van der Waals surface area contributed by atoms with Gasteiger partial charge < -0.3 is 15.5 Å². The van der Waals surface area contributed by atoms with Crippen molar-refractivity contribution >= 4 is 0 Å². The summed E-state index contributed by atoms with van der Waals surface area (Å²) < 4.78 is 0. The molecule has 0 aliphatic carbocycles. The lowest BCUT2D eigenvalue weighted by molar-refractivity contribution is 0.00790. The highest BCUT2D eigenvalue weighted by Gasteiger charge is 2.24. The maximum atomic E-state index is 10.4. The van der Waals surface area contributed by atoms with Crippen LogP contribution in [-0.4, -0.2) is 36.0 Å². The van der Waals surface area contributed by atoms with E-state index >= 15 is 0 Å². The van der Waals surface area contributed by atoms with Crippen LogP contribution in [-0.2, 0) is 0 Å². The molecule has 1 unspecified atom stereocenters. The average molecular weight is 316 g/mol. The van der Waals surface area contributed by atoms with Crippen LogP contribution in [0.15, 0.2) is 0 Å². The third-order valence-electron chi connectivity index (χ3n) is 4.58. The molecule has 0 saturated heterocycles. The van der Waals surface area contributed by atoms with Crippen LogP contribution in [0.25, 0.3) is 0 Å². The number of aliphatic hydroxyl groups excluding tert-OH is 1. The van der Waals surface area contributed by atoms with Gasteiger partial charge in [-0.3, -0.25) is 0 Å². The summed E-state index contributed by atoms with van der Waals surface area (Å²) in [5.74, 6) is 0. The van der Waals surface area contributed by atoms with Crippen LogP contribution >= 0.6 is 0 Å². The Morgan fingerprint density at radius 1 is 0.727 bits per heavy atom. The lowest BCUT2D eigenvalue weighted by Crippen LogP contribution is -2.40. The van der Waals surface area contributed by atoms with Crippen LogP contribution in [0.3, 0.4) is 0 Å². The Hall–Kier alpha value is -0.120. The van der Waals surface area contributed by atoms with Crippen molar-refractivity contribution < 1.29 is 10.2 Å². The van der Waals surface area contributed by atoms with Gasteiger partial charge in [0.05, 0.1) is 5.60 Å². The average Bonchev–Trinajstić information content (AvgIpc) is 2.49. The summed E-state index contributed by atoms with van der Waals surface area (Å²) in [5.41, 5.74) is -0.720.